The van der Waals surface area contributed by atoms with Crippen LogP contribution in [-0.4, -0.2) is 31.1 Å². The van der Waals surface area contributed by atoms with E-state index in [4.69, 9.17) is 0 Å². The van der Waals surface area contributed by atoms with Gasteiger partial charge in [0, 0.05) is 32.2 Å². The molecule has 2 aliphatic rings. The Balaban J connectivity index is 0.00000176. The Morgan fingerprint density at radius 1 is 1.09 bits per heavy atom. The summed E-state index contributed by atoms with van der Waals surface area (Å²) in [6.07, 6.45) is -1.05. The van der Waals surface area contributed by atoms with Gasteiger partial charge in [0.05, 0.1) is 5.56 Å². The van der Waals surface area contributed by atoms with Crippen molar-refractivity contribution in [2.24, 2.45) is 5.92 Å². The monoisotopic (exact) mass is 334 g/mol. The van der Waals surface area contributed by atoms with Gasteiger partial charge in [-0.3, -0.25) is 4.90 Å². The normalized spacial score (nSPS) is 21.8. The second kappa shape index (κ2) is 7.20. The second-order valence-corrected chi connectivity index (χ2v) is 6.01. The molecular weight excluding hydrogens is 313 g/mol. The third-order valence-corrected chi connectivity index (χ3v) is 4.73. The van der Waals surface area contributed by atoms with Gasteiger partial charge in [-0.05, 0) is 30.4 Å². The largest absolute Gasteiger partial charge is 0.416 e. The molecule has 2 nitrogen and oxygen atoms in total. The van der Waals surface area contributed by atoms with Crippen LogP contribution in [0, 0.1) is 5.92 Å². The van der Waals surface area contributed by atoms with Crippen LogP contribution >= 0.6 is 12.4 Å². The molecule has 0 unspecified atom stereocenters. The van der Waals surface area contributed by atoms with E-state index < -0.39 is 11.7 Å². The molecule has 1 atom stereocenters. The molecule has 2 fully saturated rings. The number of halogens is 4. The minimum absolute atomic E-state index is 0. The van der Waals surface area contributed by atoms with E-state index in [9.17, 15) is 13.2 Å². The molecule has 1 N–H and O–H groups in total. The van der Waals surface area contributed by atoms with E-state index in [1.54, 1.807) is 12.1 Å². The van der Waals surface area contributed by atoms with Crippen LogP contribution in [0.2, 0.25) is 0 Å². The summed E-state index contributed by atoms with van der Waals surface area (Å²) < 4.78 is 40.0. The van der Waals surface area contributed by atoms with E-state index in [2.05, 4.69) is 10.2 Å². The number of hydrogen-bond donors (Lipinski definition) is 1. The fraction of sp³-hybridized carbons (Fsp3) is 0.625. The molecule has 22 heavy (non-hydrogen) atoms. The highest BCUT2D eigenvalue weighted by Crippen LogP contribution is 2.45. The molecule has 0 bridgehead atoms. The van der Waals surface area contributed by atoms with E-state index in [1.807, 2.05) is 0 Å². The van der Waals surface area contributed by atoms with Gasteiger partial charge in [0.25, 0.3) is 0 Å². The second-order valence-electron chi connectivity index (χ2n) is 6.01. The van der Waals surface area contributed by atoms with Crippen LogP contribution in [0.15, 0.2) is 24.3 Å². The molecule has 1 heterocycles. The molecule has 1 aliphatic carbocycles. The predicted molar refractivity (Wildman–Crippen MR) is 83.2 cm³/mol. The Morgan fingerprint density at radius 3 is 2.27 bits per heavy atom. The van der Waals surface area contributed by atoms with Gasteiger partial charge >= 0.3 is 6.18 Å². The highest BCUT2D eigenvalue weighted by Gasteiger charge is 2.40. The average molecular weight is 335 g/mol. The minimum Gasteiger partial charge on any atom is -0.314 e. The summed E-state index contributed by atoms with van der Waals surface area (Å²) in [4.78, 5) is 2.24. The van der Waals surface area contributed by atoms with Crippen molar-refractivity contribution in [1.82, 2.24) is 10.2 Å². The Hall–Kier alpha value is -0.780. The third-order valence-electron chi connectivity index (χ3n) is 4.73. The molecule has 0 radical (unpaired) electrons. The lowest BCUT2D eigenvalue weighted by molar-refractivity contribution is -0.139. The molecule has 0 spiro atoms. The lowest BCUT2D eigenvalue weighted by Gasteiger charge is -2.44. The number of nitrogens with one attached hydrogen (secondary N) is 1. The molecule has 1 aromatic rings. The standard InChI is InChI=1S/C16H21F3N2.ClH/c17-16(18,19)14-7-2-1-6-13(14)15(12-4-3-5-12)21-10-8-20-9-11-21;/h1-2,6-7,12,15,20H,3-5,8-11H2;1H/t15-;/m0./s1. The molecule has 1 aromatic carbocycles. The SMILES string of the molecule is Cl.FC(F)(F)c1ccccc1[C@H](C1CCC1)N1CCNCC1. The summed E-state index contributed by atoms with van der Waals surface area (Å²) in [5.41, 5.74) is 0.0111. The zero-order valence-corrected chi connectivity index (χ0v) is 13.2. The molecule has 1 saturated carbocycles. The van der Waals surface area contributed by atoms with Crippen molar-refractivity contribution in [2.45, 2.75) is 31.5 Å². The number of benzene rings is 1. The zero-order chi connectivity index (χ0) is 14.9. The summed E-state index contributed by atoms with van der Waals surface area (Å²) in [7, 11) is 0. The van der Waals surface area contributed by atoms with Crippen LogP contribution in [0.5, 0.6) is 0 Å². The summed E-state index contributed by atoms with van der Waals surface area (Å²) in [5, 5.41) is 3.28. The maximum atomic E-state index is 13.3. The number of rotatable bonds is 3. The summed E-state index contributed by atoms with van der Waals surface area (Å²) in [6.45, 7) is 3.37. The highest BCUT2D eigenvalue weighted by atomic mass is 35.5. The maximum absolute atomic E-state index is 13.3. The van der Waals surface area contributed by atoms with Crippen LogP contribution in [0.25, 0.3) is 0 Å². The molecule has 0 amide bonds. The van der Waals surface area contributed by atoms with Crippen LogP contribution in [0.1, 0.15) is 36.4 Å². The fourth-order valence-corrected chi connectivity index (χ4v) is 3.48. The first-order valence-corrected chi connectivity index (χ1v) is 7.68. The van der Waals surface area contributed by atoms with E-state index in [-0.39, 0.29) is 18.4 Å². The summed E-state index contributed by atoms with van der Waals surface area (Å²) in [5.74, 6) is 0.367. The fourth-order valence-electron chi connectivity index (χ4n) is 3.48. The number of nitrogens with zero attached hydrogens (tertiary/aromatic N) is 1. The number of piperazine rings is 1. The van der Waals surface area contributed by atoms with Gasteiger partial charge in [-0.15, -0.1) is 12.4 Å². The summed E-state index contributed by atoms with van der Waals surface area (Å²) >= 11 is 0. The zero-order valence-electron chi connectivity index (χ0n) is 12.4. The first-order chi connectivity index (χ1) is 10.1. The minimum atomic E-state index is -4.27. The molecule has 1 saturated heterocycles. The smallest absolute Gasteiger partial charge is 0.314 e. The Kier molecular flexibility index (Phi) is 5.75. The molecule has 124 valence electrons. The number of hydrogen-bond acceptors (Lipinski definition) is 2. The van der Waals surface area contributed by atoms with Gasteiger partial charge in [0.2, 0.25) is 0 Å². The van der Waals surface area contributed by atoms with E-state index in [1.165, 1.54) is 12.1 Å². The maximum Gasteiger partial charge on any atom is 0.416 e. The third kappa shape index (κ3) is 3.58. The van der Waals surface area contributed by atoms with Crippen molar-refractivity contribution in [3.63, 3.8) is 0 Å². The van der Waals surface area contributed by atoms with Crippen LogP contribution in [0.4, 0.5) is 13.2 Å². The van der Waals surface area contributed by atoms with Crippen LogP contribution < -0.4 is 5.32 Å². The van der Waals surface area contributed by atoms with Gasteiger partial charge in [0.1, 0.15) is 0 Å². The molecule has 6 heteroatoms. The van der Waals surface area contributed by atoms with Crippen molar-refractivity contribution >= 4 is 12.4 Å². The Morgan fingerprint density at radius 2 is 1.73 bits per heavy atom. The van der Waals surface area contributed by atoms with Crippen LogP contribution in [0.3, 0.4) is 0 Å². The summed E-state index contributed by atoms with van der Waals surface area (Å²) in [6, 6.07) is 6.04. The first kappa shape index (κ1) is 17.6. The average Bonchev–Trinajstić information content (AvgIpc) is 2.43. The molecule has 1 aliphatic heterocycles. The number of alkyl halides is 3. The lowest BCUT2D eigenvalue weighted by Crippen LogP contribution is -2.48. The quantitative estimate of drug-likeness (QED) is 0.902. The Bertz CT molecular complexity index is 483. The Labute approximate surface area is 135 Å². The van der Waals surface area contributed by atoms with Gasteiger partial charge in [-0.1, -0.05) is 24.6 Å². The van der Waals surface area contributed by atoms with E-state index in [0.29, 0.717) is 11.5 Å². The van der Waals surface area contributed by atoms with Crippen LogP contribution in [-0.2, 0) is 6.18 Å². The lowest BCUT2D eigenvalue weighted by atomic mass is 9.75. The molecule has 3 rings (SSSR count). The highest BCUT2D eigenvalue weighted by molar-refractivity contribution is 5.85. The predicted octanol–water partition coefficient (Wildman–Crippen LogP) is 3.87. The van der Waals surface area contributed by atoms with Gasteiger partial charge in [-0.2, -0.15) is 13.2 Å². The van der Waals surface area contributed by atoms with E-state index in [0.717, 1.165) is 45.4 Å². The van der Waals surface area contributed by atoms with Crippen molar-refractivity contribution in [2.75, 3.05) is 26.2 Å². The van der Waals surface area contributed by atoms with Crippen molar-refractivity contribution in [3.8, 4) is 0 Å². The van der Waals surface area contributed by atoms with Crippen molar-refractivity contribution in [3.05, 3.63) is 35.4 Å². The molecule has 0 aromatic heterocycles. The molecular formula is C16H22ClF3N2. The van der Waals surface area contributed by atoms with E-state index >= 15 is 0 Å². The van der Waals surface area contributed by atoms with Gasteiger partial charge in [-0.25, -0.2) is 0 Å². The topological polar surface area (TPSA) is 15.3 Å². The van der Waals surface area contributed by atoms with Gasteiger partial charge in [0.15, 0.2) is 0 Å². The van der Waals surface area contributed by atoms with Crippen molar-refractivity contribution < 1.29 is 13.2 Å². The first-order valence-electron chi connectivity index (χ1n) is 7.68. The van der Waals surface area contributed by atoms with Crippen molar-refractivity contribution in [1.29, 1.82) is 0 Å². The van der Waals surface area contributed by atoms with Gasteiger partial charge < -0.3 is 5.32 Å².